The Bertz CT molecular complexity index is 435. The molecule has 0 aliphatic carbocycles. The van der Waals surface area contributed by atoms with Gasteiger partial charge in [-0.2, -0.15) is 0 Å². The highest BCUT2D eigenvalue weighted by Gasteiger charge is 1.99. The maximum atomic E-state index is 5.20. The van der Waals surface area contributed by atoms with E-state index in [1.54, 1.807) is 6.20 Å². The van der Waals surface area contributed by atoms with Crippen molar-refractivity contribution in [3.8, 4) is 23.6 Å². The molecule has 0 radical (unpaired) electrons. The molecule has 0 bridgehead atoms. The first kappa shape index (κ1) is 7.63. The molecule has 0 atom stereocenters. The Labute approximate surface area is 76.6 Å². The third-order valence-corrected chi connectivity index (χ3v) is 1.80. The zero-order valence-corrected chi connectivity index (χ0v) is 6.99. The Balaban J connectivity index is 2.43. The molecule has 0 aliphatic heterocycles. The molecule has 0 saturated heterocycles. The number of nitrogens with zero attached hydrogens (tertiary/aromatic N) is 1. The lowest BCUT2D eigenvalue weighted by atomic mass is 10.2. The van der Waals surface area contributed by atoms with Gasteiger partial charge in [0, 0.05) is 0 Å². The maximum Gasteiger partial charge on any atom is 0.182 e. The summed E-state index contributed by atoms with van der Waals surface area (Å²) in [5.41, 5.74) is 2.05. The van der Waals surface area contributed by atoms with Crippen LogP contribution in [-0.4, -0.2) is 9.97 Å². The number of aromatic nitrogens is 2. The third-order valence-electron chi connectivity index (χ3n) is 1.80. The Kier molecular flexibility index (Phi) is 1.85. The van der Waals surface area contributed by atoms with Gasteiger partial charge >= 0.3 is 0 Å². The van der Waals surface area contributed by atoms with Crippen molar-refractivity contribution in [2.45, 2.75) is 0 Å². The van der Waals surface area contributed by atoms with E-state index in [4.69, 9.17) is 6.42 Å². The predicted molar refractivity (Wildman–Crippen MR) is 52.0 cm³/mol. The van der Waals surface area contributed by atoms with Crippen molar-refractivity contribution in [1.82, 2.24) is 9.97 Å². The van der Waals surface area contributed by atoms with Gasteiger partial charge < -0.3 is 4.98 Å². The smallest absolute Gasteiger partial charge is 0.182 e. The molecule has 0 unspecified atom stereocenters. The largest absolute Gasteiger partial charge is 0.331 e. The van der Waals surface area contributed by atoms with Crippen LogP contribution in [0.3, 0.4) is 0 Å². The van der Waals surface area contributed by atoms with Crippen LogP contribution in [-0.2, 0) is 0 Å². The fourth-order valence-corrected chi connectivity index (χ4v) is 1.16. The van der Waals surface area contributed by atoms with Crippen LogP contribution in [0.2, 0.25) is 0 Å². The summed E-state index contributed by atoms with van der Waals surface area (Å²) in [4.78, 5) is 7.05. The van der Waals surface area contributed by atoms with E-state index in [0.717, 1.165) is 11.3 Å². The molecule has 0 spiro atoms. The summed E-state index contributed by atoms with van der Waals surface area (Å²) in [6.45, 7) is 0. The van der Waals surface area contributed by atoms with Crippen LogP contribution < -0.4 is 0 Å². The van der Waals surface area contributed by atoms with Crippen molar-refractivity contribution in [1.29, 1.82) is 0 Å². The molecule has 62 valence electrons. The molecule has 1 heterocycles. The molecule has 2 nitrogen and oxygen atoms in total. The summed E-state index contributed by atoms with van der Waals surface area (Å²) in [6.07, 6.45) is 6.94. The van der Waals surface area contributed by atoms with E-state index >= 15 is 0 Å². The van der Waals surface area contributed by atoms with E-state index in [1.165, 1.54) is 0 Å². The second kappa shape index (κ2) is 3.16. The average Bonchev–Trinajstić information content (AvgIpc) is 2.67. The number of aromatic amines is 1. The van der Waals surface area contributed by atoms with E-state index < -0.39 is 0 Å². The van der Waals surface area contributed by atoms with Crippen LogP contribution in [0.4, 0.5) is 0 Å². The van der Waals surface area contributed by atoms with Crippen molar-refractivity contribution in [2.24, 2.45) is 0 Å². The molecule has 0 fully saturated rings. The van der Waals surface area contributed by atoms with Gasteiger partial charge in [-0.25, -0.2) is 4.98 Å². The molecular formula is C11H8N2. The SMILES string of the molecule is C#Cc1ncc(-c2ccccc2)[nH]1. The summed E-state index contributed by atoms with van der Waals surface area (Å²) < 4.78 is 0. The highest BCUT2D eigenvalue weighted by atomic mass is 14.9. The lowest BCUT2D eigenvalue weighted by Gasteiger charge is -1.93. The Hall–Kier alpha value is -2.01. The van der Waals surface area contributed by atoms with Crippen molar-refractivity contribution < 1.29 is 0 Å². The molecule has 2 heteroatoms. The van der Waals surface area contributed by atoms with E-state index in [1.807, 2.05) is 30.3 Å². The highest BCUT2D eigenvalue weighted by Crippen LogP contribution is 2.15. The number of hydrogen-bond donors (Lipinski definition) is 1. The second-order valence-corrected chi connectivity index (χ2v) is 2.66. The van der Waals surface area contributed by atoms with Crippen LogP contribution in [0.5, 0.6) is 0 Å². The Morgan fingerprint density at radius 3 is 2.62 bits per heavy atom. The van der Waals surface area contributed by atoms with Gasteiger partial charge in [-0.05, 0) is 11.5 Å². The fourth-order valence-electron chi connectivity index (χ4n) is 1.16. The van der Waals surface area contributed by atoms with Gasteiger partial charge in [0.1, 0.15) is 0 Å². The predicted octanol–water partition coefficient (Wildman–Crippen LogP) is 2.06. The van der Waals surface area contributed by atoms with Crippen molar-refractivity contribution >= 4 is 0 Å². The molecule has 2 rings (SSSR count). The summed E-state index contributed by atoms with van der Waals surface area (Å²) in [5, 5.41) is 0. The van der Waals surface area contributed by atoms with E-state index in [-0.39, 0.29) is 0 Å². The molecule has 1 aromatic heterocycles. The van der Waals surface area contributed by atoms with Crippen molar-refractivity contribution in [3.63, 3.8) is 0 Å². The van der Waals surface area contributed by atoms with E-state index in [9.17, 15) is 0 Å². The van der Waals surface area contributed by atoms with Gasteiger partial charge in [0.2, 0.25) is 0 Å². The van der Waals surface area contributed by atoms with Crippen LogP contribution in [0.1, 0.15) is 5.82 Å². The first-order valence-corrected chi connectivity index (χ1v) is 3.97. The average molecular weight is 168 g/mol. The summed E-state index contributed by atoms with van der Waals surface area (Å²) in [7, 11) is 0. The number of rotatable bonds is 1. The quantitative estimate of drug-likeness (QED) is 0.649. The Morgan fingerprint density at radius 1 is 1.23 bits per heavy atom. The van der Waals surface area contributed by atoms with Crippen molar-refractivity contribution in [3.05, 3.63) is 42.4 Å². The van der Waals surface area contributed by atoms with Gasteiger partial charge in [0.25, 0.3) is 0 Å². The van der Waals surface area contributed by atoms with Crippen LogP contribution in [0.15, 0.2) is 36.5 Å². The minimum absolute atomic E-state index is 0.568. The number of nitrogens with one attached hydrogen (secondary N) is 1. The minimum Gasteiger partial charge on any atom is -0.331 e. The van der Waals surface area contributed by atoms with Crippen LogP contribution in [0.25, 0.3) is 11.3 Å². The minimum atomic E-state index is 0.568. The van der Waals surface area contributed by atoms with Gasteiger partial charge in [0.05, 0.1) is 11.9 Å². The fraction of sp³-hybridized carbons (Fsp3) is 0. The van der Waals surface area contributed by atoms with Gasteiger partial charge in [-0.3, -0.25) is 0 Å². The van der Waals surface area contributed by atoms with Crippen LogP contribution >= 0.6 is 0 Å². The summed E-state index contributed by atoms with van der Waals surface area (Å²) in [6, 6.07) is 9.95. The standard InChI is InChI=1S/C11H8N2/c1-2-11-12-8-10(13-11)9-6-4-3-5-7-9/h1,3-8H,(H,12,13). The normalized spacial score (nSPS) is 9.46. The molecule has 1 N–H and O–H groups in total. The molecule has 0 aliphatic rings. The Morgan fingerprint density at radius 2 is 2.00 bits per heavy atom. The molecule has 0 amide bonds. The highest BCUT2D eigenvalue weighted by molar-refractivity contribution is 5.58. The van der Waals surface area contributed by atoms with Gasteiger partial charge in [0.15, 0.2) is 5.82 Å². The number of H-pyrrole nitrogens is 1. The van der Waals surface area contributed by atoms with Crippen LogP contribution in [0, 0.1) is 12.3 Å². The van der Waals surface area contributed by atoms with Gasteiger partial charge in [-0.15, -0.1) is 6.42 Å². The van der Waals surface area contributed by atoms with E-state index in [2.05, 4.69) is 15.9 Å². The number of imidazole rings is 1. The zero-order valence-electron chi connectivity index (χ0n) is 6.99. The number of terminal acetylenes is 1. The summed E-state index contributed by atoms with van der Waals surface area (Å²) >= 11 is 0. The second-order valence-electron chi connectivity index (χ2n) is 2.66. The third kappa shape index (κ3) is 1.45. The monoisotopic (exact) mass is 168 g/mol. The number of benzene rings is 1. The first-order valence-electron chi connectivity index (χ1n) is 3.97. The first-order chi connectivity index (χ1) is 6.40. The number of hydrogen-bond acceptors (Lipinski definition) is 1. The topological polar surface area (TPSA) is 28.7 Å². The summed E-state index contributed by atoms with van der Waals surface area (Å²) in [5.74, 6) is 3.02. The molecule has 13 heavy (non-hydrogen) atoms. The zero-order chi connectivity index (χ0) is 9.10. The molecule has 1 aromatic carbocycles. The molecule has 0 saturated carbocycles. The molecule has 2 aromatic rings. The molecular weight excluding hydrogens is 160 g/mol. The maximum absolute atomic E-state index is 5.20. The van der Waals surface area contributed by atoms with E-state index in [0.29, 0.717) is 5.82 Å². The lowest BCUT2D eigenvalue weighted by molar-refractivity contribution is 1.26. The van der Waals surface area contributed by atoms with Crippen molar-refractivity contribution in [2.75, 3.05) is 0 Å². The van der Waals surface area contributed by atoms with Gasteiger partial charge in [-0.1, -0.05) is 30.3 Å². The lowest BCUT2D eigenvalue weighted by Crippen LogP contribution is -1.77.